The molecule has 0 bridgehead atoms. The van der Waals surface area contributed by atoms with Gasteiger partial charge in [-0.2, -0.15) is 0 Å². The maximum absolute atomic E-state index is 14.7. The van der Waals surface area contributed by atoms with Crippen LogP contribution in [-0.2, 0) is 11.2 Å². The molecule has 0 radical (unpaired) electrons. The van der Waals surface area contributed by atoms with Crippen molar-refractivity contribution in [3.63, 3.8) is 0 Å². The number of aliphatic hydroxyl groups is 2. The van der Waals surface area contributed by atoms with Gasteiger partial charge in [0, 0.05) is 32.2 Å². The molecule has 0 atom stereocenters. The van der Waals surface area contributed by atoms with Crippen LogP contribution < -0.4 is 15.0 Å². The molecule has 2 saturated heterocycles. The SMILES string of the molecule is O=C(Cc1ccc(OCCCC2CCN(c3ncc(Cl)cn3)CC2)cc1F)N1CC(CCNC(CO)CO)C1. The van der Waals surface area contributed by atoms with E-state index < -0.39 is 5.82 Å². The zero-order valence-corrected chi connectivity index (χ0v) is 23.0. The van der Waals surface area contributed by atoms with Gasteiger partial charge in [-0.15, -0.1) is 0 Å². The molecule has 0 unspecified atom stereocenters. The lowest BCUT2D eigenvalue weighted by molar-refractivity contribution is -0.136. The number of hydrogen-bond acceptors (Lipinski definition) is 8. The largest absolute Gasteiger partial charge is 0.493 e. The van der Waals surface area contributed by atoms with Crippen LogP contribution in [0.25, 0.3) is 0 Å². The van der Waals surface area contributed by atoms with Crippen molar-refractivity contribution in [3.8, 4) is 5.75 Å². The number of carbonyl (C=O) groups excluding carboxylic acids is 1. The number of aromatic nitrogens is 2. The van der Waals surface area contributed by atoms with E-state index in [0.717, 1.165) is 51.1 Å². The average molecular weight is 564 g/mol. The highest BCUT2D eigenvalue weighted by molar-refractivity contribution is 6.30. The van der Waals surface area contributed by atoms with Crippen molar-refractivity contribution in [2.75, 3.05) is 57.4 Å². The Morgan fingerprint density at radius 2 is 1.85 bits per heavy atom. The highest BCUT2D eigenvalue weighted by atomic mass is 35.5. The van der Waals surface area contributed by atoms with Crippen LogP contribution in [0.5, 0.6) is 5.75 Å². The molecule has 1 aromatic heterocycles. The number of halogens is 2. The predicted octanol–water partition coefficient (Wildman–Crippen LogP) is 2.68. The third-order valence-corrected chi connectivity index (χ3v) is 7.83. The number of nitrogens with zero attached hydrogens (tertiary/aromatic N) is 4. The summed E-state index contributed by atoms with van der Waals surface area (Å²) in [7, 11) is 0. The molecule has 3 heterocycles. The van der Waals surface area contributed by atoms with E-state index in [0.29, 0.717) is 54.4 Å². The first-order chi connectivity index (χ1) is 18.9. The Labute approximate surface area is 234 Å². The van der Waals surface area contributed by atoms with Gasteiger partial charge in [0.05, 0.1) is 49.7 Å². The normalized spacial score (nSPS) is 16.5. The lowest BCUT2D eigenvalue weighted by Gasteiger charge is -2.39. The molecule has 0 spiro atoms. The summed E-state index contributed by atoms with van der Waals surface area (Å²) in [5.74, 6) is 1.71. The molecule has 2 fully saturated rings. The molecule has 2 aliphatic heterocycles. The quantitative estimate of drug-likeness (QED) is 0.301. The molecule has 39 heavy (non-hydrogen) atoms. The third kappa shape index (κ3) is 8.73. The van der Waals surface area contributed by atoms with Crippen LogP contribution in [0, 0.1) is 17.7 Å². The number of piperidine rings is 1. The van der Waals surface area contributed by atoms with Gasteiger partial charge in [-0.3, -0.25) is 4.79 Å². The standard InChI is InChI=1S/C28H39ClFN5O4/c29-23-14-32-28(33-15-23)34-9-6-20(7-10-34)2-1-11-39-25-4-3-22(26(30)13-25)12-27(38)35-16-21(17-35)5-8-31-24(18-36)19-37/h3-4,13-15,20-21,24,31,36-37H,1-2,5-12,16-19H2. The fraction of sp³-hybridized carbons (Fsp3) is 0.607. The molecular weight excluding hydrogens is 525 g/mol. The zero-order chi connectivity index (χ0) is 27.6. The van der Waals surface area contributed by atoms with E-state index in [9.17, 15) is 9.18 Å². The summed E-state index contributed by atoms with van der Waals surface area (Å²) in [6, 6.07) is 4.44. The van der Waals surface area contributed by atoms with Gasteiger partial charge in [-0.1, -0.05) is 17.7 Å². The van der Waals surface area contributed by atoms with Gasteiger partial charge < -0.3 is 30.1 Å². The Morgan fingerprint density at radius 3 is 2.51 bits per heavy atom. The number of aliphatic hydroxyl groups excluding tert-OH is 2. The minimum Gasteiger partial charge on any atom is -0.493 e. The number of amides is 1. The number of carbonyl (C=O) groups is 1. The second-order valence-electron chi connectivity index (χ2n) is 10.5. The molecular formula is C28H39ClFN5O4. The highest BCUT2D eigenvalue weighted by Crippen LogP contribution is 2.25. The van der Waals surface area contributed by atoms with E-state index in [1.54, 1.807) is 29.4 Å². The van der Waals surface area contributed by atoms with E-state index in [2.05, 4.69) is 20.2 Å². The van der Waals surface area contributed by atoms with E-state index >= 15 is 0 Å². The smallest absolute Gasteiger partial charge is 0.227 e. The Bertz CT molecular complexity index is 1040. The minimum absolute atomic E-state index is 0.0357. The first-order valence-corrected chi connectivity index (χ1v) is 14.2. The van der Waals surface area contributed by atoms with Crippen LogP contribution in [0.15, 0.2) is 30.6 Å². The predicted molar refractivity (Wildman–Crippen MR) is 147 cm³/mol. The zero-order valence-electron chi connectivity index (χ0n) is 22.3. The van der Waals surface area contributed by atoms with Gasteiger partial charge in [-0.05, 0) is 62.1 Å². The molecule has 11 heteroatoms. The fourth-order valence-electron chi connectivity index (χ4n) is 5.12. The number of anilines is 1. The van der Waals surface area contributed by atoms with Crippen LogP contribution in [0.2, 0.25) is 5.02 Å². The summed E-state index contributed by atoms with van der Waals surface area (Å²) in [5.41, 5.74) is 0.377. The second-order valence-corrected chi connectivity index (χ2v) is 11.0. The van der Waals surface area contributed by atoms with Gasteiger partial charge >= 0.3 is 0 Å². The van der Waals surface area contributed by atoms with E-state index in [1.807, 2.05) is 0 Å². The summed E-state index contributed by atoms with van der Waals surface area (Å²) in [6.07, 6.45) is 8.25. The molecule has 214 valence electrons. The van der Waals surface area contributed by atoms with Gasteiger partial charge in [0.1, 0.15) is 11.6 Å². The molecule has 1 amide bonds. The van der Waals surface area contributed by atoms with Crippen LogP contribution in [0.4, 0.5) is 10.3 Å². The Balaban J connectivity index is 1.09. The molecule has 2 aromatic rings. The first kappa shape index (κ1) is 29.5. The first-order valence-electron chi connectivity index (χ1n) is 13.8. The van der Waals surface area contributed by atoms with Crippen molar-refractivity contribution in [1.29, 1.82) is 0 Å². The van der Waals surface area contributed by atoms with Crippen molar-refractivity contribution >= 4 is 23.5 Å². The maximum Gasteiger partial charge on any atom is 0.227 e. The van der Waals surface area contributed by atoms with Gasteiger partial charge in [0.25, 0.3) is 0 Å². The number of rotatable bonds is 14. The number of likely N-dealkylation sites (tertiary alicyclic amines) is 1. The molecule has 3 N–H and O–H groups in total. The molecule has 2 aliphatic rings. The average Bonchev–Trinajstić information content (AvgIpc) is 2.92. The maximum atomic E-state index is 14.7. The summed E-state index contributed by atoms with van der Waals surface area (Å²) in [5, 5.41) is 21.8. The fourth-order valence-corrected chi connectivity index (χ4v) is 5.22. The van der Waals surface area contributed by atoms with Crippen LogP contribution in [0.3, 0.4) is 0 Å². The molecule has 9 nitrogen and oxygen atoms in total. The van der Waals surface area contributed by atoms with Gasteiger partial charge in [0.2, 0.25) is 11.9 Å². The van der Waals surface area contributed by atoms with E-state index in [4.69, 9.17) is 26.6 Å². The van der Waals surface area contributed by atoms with Crippen molar-refractivity contribution in [2.24, 2.45) is 11.8 Å². The van der Waals surface area contributed by atoms with Crippen molar-refractivity contribution in [1.82, 2.24) is 20.2 Å². The Kier molecular flexibility index (Phi) is 11.1. The number of benzene rings is 1. The third-order valence-electron chi connectivity index (χ3n) is 7.63. The van der Waals surface area contributed by atoms with Crippen LogP contribution in [0.1, 0.15) is 37.7 Å². The van der Waals surface area contributed by atoms with Crippen LogP contribution >= 0.6 is 11.6 Å². The highest BCUT2D eigenvalue weighted by Gasteiger charge is 2.30. The van der Waals surface area contributed by atoms with Gasteiger partial charge in [-0.25, -0.2) is 14.4 Å². The summed E-state index contributed by atoms with van der Waals surface area (Å²) < 4.78 is 20.4. The van der Waals surface area contributed by atoms with Crippen molar-refractivity contribution in [3.05, 3.63) is 47.0 Å². The Hall–Kier alpha value is -2.53. The number of nitrogens with one attached hydrogen (secondary N) is 1. The lowest BCUT2D eigenvalue weighted by atomic mass is 9.92. The summed E-state index contributed by atoms with van der Waals surface area (Å²) >= 11 is 5.87. The van der Waals surface area contributed by atoms with Crippen molar-refractivity contribution in [2.45, 2.75) is 44.6 Å². The monoisotopic (exact) mass is 563 g/mol. The molecule has 1 aromatic carbocycles. The molecule has 0 saturated carbocycles. The number of hydrogen-bond donors (Lipinski definition) is 3. The van der Waals surface area contributed by atoms with E-state index in [1.165, 1.54) is 6.07 Å². The topological polar surface area (TPSA) is 111 Å². The van der Waals surface area contributed by atoms with E-state index in [-0.39, 0.29) is 31.6 Å². The molecule has 4 rings (SSSR count). The molecule has 0 aliphatic carbocycles. The minimum atomic E-state index is -0.419. The summed E-state index contributed by atoms with van der Waals surface area (Å²) in [4.78, 5) is 25.1. The van der Waals surface area contributed by atoms with Crippen LogP contribution in [-0.4, -0.2) is 89.6 Å². The lowest BCUT2D eigenvalue weighted by Crippen LogP contribution is -2.51. The van der Waals surface area contributed by atoms with Gasteiger partial charge in [0.15, 0.2) is 0 Å². The summed E-state index contributed by atoms with van der Waals surface area (Å²) in [6.45, 7) is 4.13. The number of ether oxygens (including phenoxy) is 1. The second kappa shape index (κ2) is 14.7. The van der Waals surface area contributed by atoms with Crippen molar-refractivity contribution < 1.29 is 24.1 Å². The Morgan fingerprint density at radius 1 is 1.13 bits per heavy atom.